The number of alkyl carbamates (subject to hydrolysis) is 1. The third kappa shape index (κ3) is 4.76. The number of halogens is 1. The Bertz CT molecular complexity index is 1110. The summed E-state index contributed by atoms with van der Waals surface area (Å²) >= 11 is 0. The number of ether oxygens (including phenoxy) is 1. The molecule has 1 aromatic carbocycles. The maximum atomic E-state index is 13.6. The maximum absolute atomic E-state index is 13.6. The highest BCUT2D eigenvalue weighted by molar-refractivity contribution is 5.88. The van der Waals surface area contributed by atoms with Gasteiger partial charge in [-0.15, -0.1) is 0 Å². The lowest BCUT2D eigenvalue weighted by molar-refractivity contribution is -0.140. The van der Waals surface area contributed by atoms with Gasteiger partial charge in [-0.25, -0.2) is 9.18 Å². The molecule has 1 aromatic rings. The number of piperazine rings is 1. The Morgan fingerprint density at radius 1 is 1.28 bits per heavy atom. The predicted octanol–water partition coefficient (Wildman–Crippen LogP) is 2.02. The molecule has 1 N–H and O–H groups in total. The summed E-state index contributed by atoms with van der Waals surface area (Å²) in [7, 11) is 0. The van der Waals surface area contributed by atoms with E-state index in [0.29, 0.717) is 31.8 Å². The second kappa shape index (κ2) is 9.04. The molecule has 0 aromatic heterocycles. The molecule has 2 bridgehead atoms. The summed E-state index contributed by atoms with van der Waals surface area (Å²) in [4.78, 5) is 44.8. The van der Waals surface area contributed by atoms with E-state index >= 15 is 0 Å². The lowest BCUT2D eigenvalue weighted by atomic mass is 10.1. The molecule has 10 heteroatoms. The molecule has 3 aliphatic heterocycles. The molecular formula is C26H32FN5O4. The number of hydrogen-bond acceptors (Lipinski definition) is 6. The number of nitrogens with zero attached hydrogens (tertiary/aromatic N) is 4. The van der Waals surface area contributed by atoms with Crippen LogP contribution in [0.4, 0.5) is 9.18 Å². The van der Waals surface area contributed by atoms with Crippen LogP contribution in [0.25, 0.3) is 0 Å². The number of nitrogens with one attached hydrogen (secondary N) is 1. The molecule has 36 heavy (non-hydrogen) atoms. The Morgan fingerprint density at radius 3 is 2.72 bits per heavy atom. The van der Waals surface area contributed by atoms with Gasteiger partial charge in [0, 0.05) is 31.7 Å². The SMILES string of the molecule is CC(C)(C)OC(=O)N[C@@H](CN1C[C@H]2C[C@@H]1C(=O)N2Cc1cccc(F)c1)C(=O)N1[C@H](C#N)C[C@@H]2C[C@@H]21. The van der Waals surface area contributed by atoms with Crippen molar-refractivity contribution in [2.75, 3.05) is 13.1 Å². The first-order chi connectivity index (χ1) is 17.0. The fraction of sp³-hybridized carbons (Fsp3) is 0.615. The zero-order valence-electron chi connectivity index (χ0n) is 20.8. The summed E-state index contributed by atoms with van der Waals surface area (Å²) in [6.07, 6.45) is 1.46. The largest absolute Gasteiger partial charge is 0.444 e. The first-order valence-corrected chi connectivity index (χ1v) is 12.5. The molecule has 6 atom stereocenters. The van der Waals surface area contributed by atoms with E-state index in [-0.39, 0.29) is 36.3 Å². The second-order valence-corrected chi connectivity index (χ2v) is 11.3. The number of piperidine rings is 1. The number of fused-ring (bicyclic) bond motifs is 3. The lowest BCUT2D eigenvalue weighted by Gasteiger charge is -2.36. The van der Waals surface area contributed by atoms with E-state index in [2.05, 4.69) is 11.4 Å². The molecule has 5 rings (SSSR count). The van der Waals surface area contributed by atoms with Crippen molar-refractivity contribution >= 4 is 17.9 Å². The van der Waals surface area contributed by atoms with Gasteiger partial charge in [-0.05, 0) is 63.6 Å². The van der Waals surface area contributed by atoms with E-state index in [1.165, 1.54) is 12.1 Å². The van der Waals surface area contributed by atoms with Crippen LogP contribution in [-0.2, 0) is 20.9 Å². The first-order valence-electron chi connectivity index (χ1n) is 12.5. The number of carbonyl (C=O) groups excluding carboxylic acids is 3. The fourth-order valence-corrected chi connectivity index (χ4v) is 5.91. The first kappa shape index (κ1) is 24.5. The molecular weight excluding hydrogens is 465 g/mol. The molecule has 1 saturated carbocycles. The van der Waals surface area contributed by atoms with Crippen LogP contribution in [0.15, 0.2) is 24.3 Å². The van der Waals surface area contributed by atoms with Gasteiger partial charge in [0.15, 0.2) is 0 Å². The predicted molar refractivity (Wildman–Crippen MR) is 127 cm³/mol. The highest BCUT2D eigenvalue weighted by atomic mass is 19.1. The molecule has 0 spiro atoms. The minimum atomic E-state index is -0.932. The Kier molecular flexibility index (Phi) is 6.15. The van der Waals surface area contributed by atoms with Gasteiger partial charge in [0.2, 0.25) is 11.8 Å². The van der Waals surface area contributed by atoms with Gasteiger partial charge in [0.05, 0.1) is 12.1 Å². The third-order valence-corrected chi connectivity index (χ3v) is 7.55. The quantitative estimate of drug-likeness (QED) is 0.645. The van der Waals surface area contributed by atoms with Gasteiger partial charge in [0.1, 0.15) is 23.5 Å². The topological polar surface area (TPSA) is 106 Å². The lowest BCUT2D eigenvalue weighted by Crippen LogP contribution is -2.59. The van der Waals surface area contributed by atoms with Gasteiger partial charge in [-0.2, -0.15) is 5.26 Å². The van der Waals surface area contributed by atoms with Crippen molar-refractivity contribution in [2.45, 2.75) is 82.4 Å². The Hall–Kier alpha value is -3.19. The molecule has 4 fully saturated rings. The van der Waals surface area contributed by atoms with Crippen LogP contribution in [-0.4, -0.2) is 81.5 Å². The van der Waals surface area contributed by atoms with Crippen LogP contribution in [0, 0.1) is 23.1 Å². The molecule has 192 valence electrons. The van der Waals surface area contributed by atoms with E-state index in [0.717, 1.165) is 12.0 Å². The van der Waals surface area contributed by atoms with Crippen LogP contribution >= 0.6 is 0 Å². The van der Waals surface area contributed by atoms with Crippen molar-refractivity contribution in [1.29, 1.82) is 5.26 Å². The number of carbonyl (C=O) groups is 3. The normalized spacial score (nSPS) is 29.6. The second-order valence-electron chi connectivity index (χ2n) is 11.3. The number of likely N-dealkylation sites (tertiary alicyclic amines) is 3. The van der Waals surface area contributed by atoms with E-state index in [1.54, 1.807) is 42.7 Å². The molecule has 4 aliphatic rings. The monoisotopic (exact) mass is 497 g/mol. The van der Waals surface area contributed by atoms with Gasteiger partial charge in [-0.3, -0.25) is 14.5 Å². The van der Waals surface area contributed by atoms with Crippen LogP contribution in [0.5, 0.6) is 0 Å². The van der Waals surface area contributed by atoms with Crippen molar-refractivity contribution in [1.82, 2.24) is 20.0 Å². The minimum absolute atomic E-state index is 0.0449. The van der Waals surface area contributed by atoms with E-state index in [9.17, 15) is 24.0 Å². The number of hydrogen-bond donors (Lipinski definition) is 1. The molecule has 9 nitrogen and oxygen atoms in total. The molecule has 0 unspecified atom stereocenters. The summed E-state index contributed by atoms with van der Waals surface area (Å²) in [6.45, 7) is 6.29. The van der Waals surface area contributed by atoms with E-state index in [4.69, 9.17) is 4.74 Å². The summed E-state index contributed by atoms with van der Waals surface area (Å²) in [5.41, 5.74) is 0.0000133. The molecule has 3 heterocycles. The van der Waals surface area contributed by atoms with Crippen molar-refractivity contribution in [2.24, 2.45) is 5.92 Å². The Labute approximate surface area is 210 Å². The standard InChI is InChI=1S/C26H32FN5O4/c1-26(2,3)36-25(35)29-20(23(33)32-18(11-28)8-16-9-21(16)32)14-30-13-19-10-22(30)24(34)31(19)12-15-5-4-6-17(27)7-15/h4-7,16,18-22H,8-10,12-14H2,1-3H3,(H,29,35)/t16-,18+,19-,20+,21+,22-/m1/s1. The molecule has 0 radical (unpaired) electrons. The fourth-order valence-electron chi connectivity index (χ4n) is 5.91. The maximum Gasteiger partial charge on any atom is 0.408 e. The van der Waals surface area contributed by atoms with Crippen LogP contribution in [0.2, 0.25) is 0 Å². The van der Waals surface area contributed by atoms with Crippen molar-refractivity contribution < 1.29 is 23.5 Å². The zero-order valence-corrected chi connectivity index (χ0v) is 20.8. The van der Waals surface area contributed by atoms with Crippen LogP contribution in [0.3, 0.4) is 0 Å². The van der Waals surface area contributed by atoms with Gasteiger partial charge in [0.25, 0.3) is 0 Å². The smallest absolute Gasteiger partial charge is 0.408 e. The summed E-state index contributed by atoms with van der Waals surface area (Å²) in [6, 6.07) is 6.62. The molecule has 1 aliphatic carbocycles. The summed E-state index contributed by atoms with van der Waals surface area (Å²) in [5, 5.41) is 12.3. The number of amides is 3. The number of nitriles is 1. The van der Waals surface area contributed by atoms with Crippen LogP contribution in [0.1, 0.15) is 45.6 Å². The Morgan fingerprint density at radius 2 is 2.06 bits per heavy atom. The van der Waals surface area contributed by atoms with Crippen molar-refractivity contribution in [3.8, 4) is 6.07 Å². The number of benzene rings is 1. The zero-order chi connectivity index (χ0) is 25.8. The van der Waals surface area contributed by atoms with Gasteiger partial charge >= 0.3 is 6.09 Å². The summed E-state index contributed by atoms with van der Waals surface area (Å²) in [5.74, 6) is -0.348. The average Bonchev–Trinajstić information content (AvgIpc) is 3.13. The van der Waals surface area contributed by atoms with E-state index < -0.39 is 29.8 Å². The third-order valence-electron chi connectivity index (χ3n) is 7.55. The molecule has 3 saturated heterocycles. The Balaban J connectivity index is 1.29. The van der Waals surface area contributed by atoms with Gasteiger partial charge < -0.3 is 19.9 Å². The van der Waals surface area contributed by atoms with E-state index in [1.807, 2.05) is 4.90 Å². The summed E-state index contributed by atoms with van der Waals surface area (Å²) < 4.78 is 19.0. The van der Waals surface area contributed by atoms with Crippen LogP contribution < -0.4 is 5.32 Å². The minimum Gasteiger partial charge on any atom is -0.444 e. The molecule has 3 amide bonds. The average molecular weight is 498 g/mol. The number of rotatable bonds is 6. The highest BCUT2D eigenvalue weighted by Crippen LogP contribution is 2.48. The van der Waals surface area contributed by atoms with Crippen molar-refractivity contribution in [3.63, 3.8) is 0 Å². The van der Waals surface area contributed by atoms with Crippen molar-refractivity contribution in [3.05, 3.63) is 35.6 Å². The highest BCUT2D eigenvalue weighted by Gasteiger charge is 2.56. The van der Waals surface area contributed by atoms with Gasteiger partial charge in [-0.1, -0.05) is 12.1 Å².